The highest BCUT2D eigenvalue weighted by Gasteiger charge is 2.12. The first kappa shape index (κ1) is 21.2. The zero-order chi connectivity index (χ0) is 19.7. The minimum Gasteiger partial charge on any atom is -0.496 e. The summed E-state index contributed by atoms with van der Waals surface area (Å²) in [5.74, 6) is 1.50. The van der Waals surface area contributed by atoms with Crippen molar-refractivity contribution < 1.29 is 28.8 Å². The zero-order valence-electron chi connectivity index (χ0n) is 16.1. The molecule has 26 heavy (non-hydrogen) atoms. The fraction of sp³-hybridized carbons (Fsp3) is 0.350. The Balaban J connectivity index is 0.000000263. The van der Waals surface area contributed by atoms with E-state index in [1.54, 1.807) is 33.5 Å². The Labute approximate surface area is 154 Å². The van der Waals surface area contributed by atoms with E-state index in [0.29, 0.717) is 23.0 Å². The van der Waals surface area contributed by atoms with Gasteiger partial charge in [0.15, 0.2) is 11.5 Å². The van der Waals surface area contributed by atoms with Gasteiger partial charge in [-0.15, -0.1) is 0 Å². The Morgan fingerprint density at radius 1 is 0.885 bits per heavy atom. The van der Waals surface area contributed by atoms with Crippen molar-refractivity contribution in [2.45, 2.75) is 20.3 Å². The summed E-state index contributed by atoms with van der Waals surface area (Å²) in [7, 11) is 6.30. The molecule has 0 aliphatic rings. The van der Waals surface area contributed by atoms with Crippen LogP contribution in [0.1, 0.15) is 28.4 Å². The maximum absolute atomic E-state index is 10.7. The normalized spacial score (nSPS) is 9.62. The molecule has 0 amide bonds. The molecule has 0 bridgehead atoms. The smallest absolute Gasteiger partial charge is 0.339 e. The van der Waals surface area contributed by atoms with Crippen molar-refractivity contribution in [3.63, 3.8) is 0 Å². The average molecular weight is 362 g/mol. The molecular formula is C20H26O6. The largest absolute Gasteiger partial charge is 0.496 e. The van der Waals surface area contributed by atoms with Crippen molar-refractivity contribution >= 4 is 5.97 Å². The van der Waals surface area contributed by atoms with Gasteiger partial charge < -0.3 is 24.1 Å². The lowest BCUT2D eigenvalue weighted by Gasteiger charge is -2.13. The van der Waals surface area contributed by atoms with Crippen LogP contribution in [-0.2, 0) is 6.42 Å². The van der Waals surface area contributed by atoms with E-state index < -0.39 is 5.97 Å². The number of aryl methyl sites for hydroxylation is 2. The summed E-state index contributed by atoms with van der Waals surface area (Å²) in [4.78, 5) is 10.7. The summed E-state index contributed by atoms with van der Waals surface area (Å²) < 4.78 is 20.5. The monoisotopic (exact) mass is 362 g/mol. The van der Waals surface area contributed by atoms with Crippen LogP contribution in [0.3, 0.4) is 0 Å². The average Bonchev–Trinajstić information content (AvgIpc) is 2.66. The summed E-state index contributed by atoms with van der Waals surface area (Å²) in [6.45, 7) is 3.92. The van der Waals surface area contributed by atoms with E-state index in [0.717, 1.165) is 12.0 Å². The van der Waals surface area contributed by atoms with Crippen LogP contribution in [0.4, 0.5) is 0 Å². The molecule has 0 unspecified atom stereocenters. The number of carboxylic acid groups (broad SMARTS) is 1. The van der Waals surface area contributed by atoms with Crippen molar-refractivity contribution in [1.29, 1.82) is 0 Å². The van der Waals surface area contributed by atoms with Crippen LogP contribution >= 0.6 is 0 Å². The molecule has 2 aromatic carbocycles. The van der Waals surface area contributed by atoms with Gasteiger partial charge in [0.1, 0.15) is 11.3 Å². The molecule has 0 radical (unpaired) electrons. The van der Waals surface area contributed by atoms with E-state index >= 15 is 0 Å². The van der Waals surface area contributed by atoms with E-state index in [-0.39, 0.29) is 5.56 Å². The number of benzene rings is 2. The number of carbonyl (C=O) groups is 1. The fourth-order valence-corrected chi connectivity index (χ4v) is 2.33. The number of hydrogen-bond acceptors (Lipinski definition) is 5. The first-order chi connectivity index (χ1) is 12.4. The van der Waals surface area contributed by atoms with Crippen molar-refractivity contribution in [2.75, 3.05) is 28.4 Å². The number of rotatable bonds is 6. The second kappa shape index (κ2) is 10.2. The van der Waals surface area contributed by atoms with E-state index in [9.17, 15) is 4.79 Å². The van der Waals surface area contributed by atoms with E-state index in [2.05, 4.69) is 6.92 Å². The van der Waals surface area contributed by atoms with Gasteiger partial charge in [-0.1, -0.05) is 18.6 Å². The summed E-state index contributed by atoms with van der Waals surface area (Å²) in [6, 6.07) is 8.97. The third-order valence-corrected chi connectivity index (χ3v) is 3.72. The highest BCUT2D eigenvalue weighted by molar-refractivity contribution is 5.91. The van der Waals surface area contributed by atoms with Gasteiger partial charge in [0.25, 0.3) is 0 Å². The van der Waals surface area contributed by atoms with Crippen LogP contribution in [0, 0.1) is 6.92 Å². The molecule has 0 aliphatic carbocycles. The first-order valence-corrected chi connectivity index (χ1v) is 8.08. The molecule has 0 spiro atoms. The lowest BCUT2D eigenvalue weighted by molar-refractivity contribution is 0.0693. The number of carboxylic acids is 1. The topological polar surface area (TPSA) is 74.2 Å². The van der Waals surface area contributed by atoms with Crippen LogP contribution < -0.4 is 18.9 Å². The van der Waals surface area contributed by atoms with Crippen molar-refractivity contribution in [3.8, 4) is 23.0 Å². The van der Waals surface area contributed by atoms with Crippen LogP contribution in [0.5, 0.6) is 23.0 Å². The van der Waals surface area contributed by atoms with Gasteiger partial charge in [0, 0.05) is 0 Å². The number of methoxy groups -OCH3 is 4. The van der Waals surface area contributed by atoms with Gasteiger partial charge in [-0.3, -0.25) is 0 Å². The van der Waals surface area contributed by atoms with Crippen LogP contribution in [0.2, 0.25) is 0 Å². The number of aromatic carboxylic acids is 1. The summed E-state index contributed by atoms with van der Waals surface area (Å²) in [5.41, 5.74) is 2.28. The second-order valence-electron chi connectivity index (χ2n) is 5.40. The molecule has 0 saturated carbocycles. The Morgan fingerprint density at radius 3 is 1.81 bits per heavy atom. The lowest BCUT2D eigenvalue weighted by Crippen LogP contribution is -2.00. The maximum Gasteiger partial charge on any atom is 0.339 e. The van der Waals surface area contributed by atoms with Gasteiger partial charge >= 0.3 is 5.97 Å². The molecule has 0 saturated heterocycles. The third-order valence-electron chi connectivity index (χ3n) is 3.72. The van der Waals surface area contributed by atoms with E-state index in [4.69, 9.17) is 24.1 Å². The first-order valence-electron chi connectivity index (χ1n) is 8.08. The molecule has 0 atom stereocenters. The third kappa shape index (κ3) is 5.31. The Bertz CT molecular complexity index is 714. The van der Waals surface area contributed by atoms with Gasteiger partial charge in [-0.25, -0.2) is 4.79 Å². The van der Waals surface area contributed by atoms with Gasteiger partial charge in [0.2, 0.25) is 5.75 Å². The molecular weight excluding hydrogens is 336 g/mol. The molecule has 2 rings (SSSR count). The lowest BCUT2D eigenvalue weighted by atomic mass is 10.1. The maximum atomic E-state index is 10.7. The quantitative estimate of drug-likeness (QED) is 0.838. The summed E-state index contributed by atoms with van der Waals surface area (Å²) in [5, 5.41) is 8.74. The number of ether oxygens (including phenoxy) is 4. The highest BCUT2D eigenvalue weighted by atomic mass is 16.5. The summed E-state index contributed by atoms with van der Waals surface area (Å²) >= 11 is 0. The Morgan fingerprint density at radius 2 is 1.42 bits per heavy atom. The van der Waals surface area contributed by atoms with E-state index in [1.807, 2.05) is 25.1 Å². The molecule has 0 aromatic heterocycles. The molecule has 2 aromatic rings. The van der Waals surface area contributed by atoms with Crippen LogP contribution in [0.25, 0.3) is 0 Å². The van der Waals surface area contributed by atoms with Gasteiger partial charge in [0.05, 0.1) is 28.4 Å². The fourth-order valence-electron chi connectivity index (χ4n) is 2.33. The zero-order valence-corrected chi connectivity index (χ0v) is 16.1. The predicted octanol–water partition coefficient (Wildman–Crippen LogP) is 3.98. The second-order valence-corrected chi connectivity index (χ2v) is 5.40. The predicted molar refractivity (Wildman–Crippen MR) is 100 cm³/mol. The molecule has 6 heteroatoms. The summed E-state index contributed by atoms with van der Waals surface area (Å²) in [6.07, 6.45) is 0.941. The van der Waals surface area contributed by atoms with Crippen molar-refractivity contribution in [1.82, 2.24) is 0 Å². The molecule has 6 nitrogen and oxygen atoms in total. The molecule has 0 aliphatic heterocycles. The Kier molecular flexibility index (Phi) is 8.28. The SMILES string of the molecule is CCc1cc(OC)c(OC)c(OC)c1.COc1ccc(C)cc1C(=O)O. The van der Waals surface area contributed by atoms with Gasteiger partial charge in [-0.2, -0.15) is 0 Å². The minimum absolute atomic E-state index is 0.206. The minimum atomic E-state index is -0.962. The van der Waals surface area contributed by atoms with Crippen molar-refractivity contribution in [2.24, 2.45) is 0 Å². The van der Waals surface area contributed by atoms with Crippen LogP contribution in [0.15, 0.2) is 30.3 Å². The molecule has 0 heterocycles. The van der Waals surface area contributed by atoms with Crippen LogP contribution in [-0.4, -0.2) is 39.5 Å². The van der Waals surface area contributed by atoms with Crippen molar-refractivity contribution in [3.05, 3.63) is 47.0 Å². The van der Waals surface area contributed by atoms with Gasteiger partial charge in [-0.05, 0) is 43.2 Å². The molecule has 0 fully saturated rings. The molecule has 142 valence electrons. The van der Waals surface area contributed by atoms with E-state index in [1.165, 1.54) is 12.7 Å². The Hall–Kier alpha value is -2.89. The highest BCUT2D eigenvalue weighted by Crippen LogP contribution is 2.38. The molecule has 1 N–H and O–H groups in total. The number of hydrogen-bond donors (Lipinski definition) is 1. The standard InChI is InChI=1S/C11H16O3.C9H10O3/c1-5-8-6-9(12-2)11(14-4)10(7-8)13-3;1-6-3-4-8(12-2)7(5-6)9(10)11/h6-7H,5H2,1-4H3;3-5H,1-2H3,(H,10,11).